The molecule has 0 aromatic heterocycles. The number of benzene rings is 1. The van der Waals surface area contributed by atoms with Gasteiger partial charge in [0, 0.05) is 17.8 Å². The molecule has 0 atom stereocenters. The van der Waals surface area contributed by atoms with Crippen molar-refractivity contribution in [3.63, 3.8) is 0 Å². The van der Waals surface area contributed by atoms with Gasteiger partial charge in [0.25, 0.3) is 0 Å². The Morgan fingerprint density at radius 1 is 1.39 bits per heavy atom. The van der Waals surface area contributed by atoms with E-state index < -0.39 is 0 Å². The van der Waals surface area contributed by atoms with Gasteiger partial charge >= 0.3 is 0 Å². The molecule has 0 spiro atoms. The topological polar surface area (TPSA) is 55.1 Å². The molecule has 3 N–H and O–H groups in total. The number of hydrogen-bond acceptors (Lipinski definition) is 3. The van der Waals surface area contributed by atoms with Gasteiger partial charge < -0.3 is 11.1 Å². The molecule has 3 nitrogen and oxygen atoms in total. The summed E-state index contributed by atoms with van der Waals surface area (Å²) in [5, 5.41) is 2.91. The SMILES string of the molecule is CCCSCCCC(=O)Nc1cccc(N)c1C. The molecule has 0 unspecified atom stereocenters. The lowest BCUT2D eigenvalue weighted by Crippen LogP contribution is -2.12. The Bertz CT molecular complexity index is 393. The summed E-state index contributed by atoms with van der Waals surface area (Å²) in [4.78, 5) is 11.7. The minimum absolute atomic E-state index is 0.0702. The van der Waals surface area contributed by atoms with Crippen LogP contribution in [0.5, 0.6) is 0 Å². The van der Waals surface area contributed by atoms with Crippen LogP contribution in [0.1, 0.15) is 31.7 Å². The molecular weight excluding hydrogens is 244 g/mol. The van der Waals surface area contributed by atoms with Crippen LogP contribution in [-0.4, -0.2) is 17.4 Å². The molecule has 1 rings (SSSR count). The van der Waals surface area contributed by atoms with E-state index in [2.05, 4.69) is 12.2 Å². The van der Waals surface area contributed by atoms with Crippen LogP contribution >= 0.6 is 11.8 Å². The van der Waals surface area contributed by atoms with Crippen molar-refractivity contribution in [2.24, 2.45) is 0 Å². The second-order valence-electron chi connectivity index (χ2n) is 4.28. The molecule has 0 saturated carbocycles. The van der Waals surface area contributed by atoms with Crippen LogP contribution in [0.15, 0.2) is 18.2 Å². The van der Waals surface area contributed by atoms with Crippen LogP contribution in [0.4, 0.5) is 11.4 Å². The Hall–Kier alpha value is -1.16. The first-order chi connectivity index (χ1) is 8.65. The number of nitrogen functional groups attached to an aromatic ring is 1. The van der Waals surface area contributed by atoms with Crippen molar-refractivity contribution in [3.05, 3.63) is 23.8 Å². The molecule has 1 aromatic rings. The monoisotopic (exact) mass is 266 g/mol. The van der Waals surface area contributed by atoms with Crippen LogP contribution < -0.4 is 11.1 Å². The second kappa shape index (κ2) is 8.03. The van der Waals surface area contributed by atoms with E-state index in [-0.39, 0.29) is 5.91 Å². The van der Waals surface area contributed by atoms with E-state index in [1.54, 1.807) is 0 Å². The fraction of sp³-hybridized carbons (Fsp3) is 0.500. The zero-order valence-corrected chi connectivity index (χ0v) is 12.0. The first-order valence-electron chi connectivity index (χ1n) is 6.37. The average Bonchev–Trinajstić information content (AvgIpc) is 2.35. The van der Waals surface area contributed by atoms with Crippen molar-refractivity contribution in [2.75, 3.05) is 22.6 Å². The number of anilines is 2. The minimum atomic E-state index is 0.0702. The van der Waals surface area contributed by atoms with Gasteiger partial charge in [-0.3, -0.25) is 4.79 Å². The first-order valence-corrected chi connectivity index (χ1v) is 7.53. The largest absolute Gasteiger partial charge is 0.398 e. The summed E-state index contributed by atoms with van der Waals surface area (Å²) < 4.78 is 0. The van der Waals surface area contributed by atoms with Crippen LogP contribution in [0, 0.1) is 6.92 Å². The Kier molecular flexibility index (Phi) is 6.65. The van der Waals surface area contributed by atoms with E-state index in [4.69, 9.17) is 5.73 Å². The van der Waals surface area contributed by atoms with Gasteiger partial charge in [-0.05, 0) is 49.0 Å². The molecule has 0 aliphatic rings. The van der Waals surface area contributed by atoms with Crippen molar-refractivity contribution >= 4 is 29.0 Å². The number of hydrogen-bond donors (Lipinski definition) is 2. The third-order valence-electron chi connectivity index (χ3n) is 2.69. The Balaban J connectivity index is 2.34. The zero-order valence-electron chi connectivity index (χ0n) is 11.2. The van der Waals surface area contributed by atoms with Crippen molar-refractivity contribution in [1.29, 1.82) is 0 Å². The lowest BCUT2D eigenvalue weighted by molar-refractivity contribution is -0.116. The smallest absolute Gasteiger partial charge is 0.224 e. The van der Waals surface area contributed by atoms with Gasteiger partial charge in [0.05, 0.1) is 0 Å². The molecule has 1 amide bonds. The standard InChI is InChI=1S/C14H22N2OS/c1-3-9-18-10-5-8-14(17)16-13-7-4-6-12(15)11(13)2/h4,6-7H,3,5,8-10,15H2,1-2H3,(H,16,17). The number of rotatable bonds is 7. The van der Waals surface area contributed by atoms with Gasteiger partial charge in [0.15, 0.2) is 0 Å². The number of nitrogens with two attached hydrogens (primary N) is 1. The van der Waals surface area contributed by atoms with Gasteiger partial charge in [-0.15, -0.1) is 0 Å². The highest BCUT2D eigenvalue weighted by Crippen LogP contribution is 2.20. The third kappa shape index (κ3) is 5.00. The fourth-order valence-corrected chi connectivity index (χ4v) is 2.42. The number of carbonyl (C=O) groups is 1. The fourth-order valence-electron chi connectivity index (χ4n) is 1.58. The van der Waals surface area contributed by atoms with Crippen molar-refractivity contribution < 1.29 is 4.79 Å². The maximum atomic E-state index is 11.7. The zero-order chi connectivity index (χ0) is 13.4. The minimum Gasteiger partial charge on any atom is -0.398 e. The lowest BCUT2D eigenvalue weighted by atomic mass is 10.1. The highest BCUT2D eigenvalue weighted by atomic mass is 32.2. The van der Waals surface area contributed by atoms with Crippen LogP contribution in [-0.2, 0) is 4.79 Å². The van der Waals surface area contributed by atoms with Gasteiger partial charge in [-0.25, -0.2) is 0 Å². The van der Waals surface area contributed by atoms with E-state index >= 15 is 0 Å². The molecule has 0 fully saturated rings. The summed E-state index contributed by atoms with van der Waals surface area (Å²) in [5.74, 6) is 2.30. The first kappa shape index (κ1) is 14.9. The molecule has 18 heavy (non-hydrogen) atoms. The van der Waals surface area contributed by atoms with E-state index in [9.17, 15) is 4.79 Å². The molecule has 4 heteroatoms. The molecule has 1 aromatic carbocycles. The van der Waals surface area contributed by atoms with Gasteiger partial charge in [-0.1, -0.05) is 13.0 Å². The molecule has 100 valence electrons. The predicted octanol–water partition coefficient (Wildman–Crippen LogP) is 3.44. The normalized spacial score (nSPS) is 10.3. The summed E-state index contributed by atoms with van der Waals surface area (Å²) >= 11 is 1.91. The maximum absolute atomic E-state index is 11.7. The van der Waals surface area contributed by atoms with Crippen molar-refractivity contribution in [3.8, 4) is 0 Å². The molecule has 0 radical (unpaired) electrons. The van der Waals surface area contributed by atoms with Crippen LogP contribution in [0.25, 0.3) is 0 Å². The Morgan fingerprint density at radius 2 is 2.17 bits per heavy atom. The van der Waals surface area contributed by atoms with Crippen LogP contribution in [0.2, 0.25) is 0 Å². The highest BCUT2D eigenvalue weighted by molar-refractivity contribution is 7.99. The molecule has 0 heterocycles. The summed E-state index contributed by atoms with van der Waals surface area (Å²) in [5.41, 5.74) is 8.27. The third-order valence-corrected chi connectivity index (χ3v) is 3.97. The Labute approximate surface area is 114 Å². The quantitative estimate of drug-likeness (QED) is 0.587. The Morgan fingerprint density at radius 3 is 2.89 bits per heavy atom. The van der Waals surface area contributed by atoms with Gasteiger partial charge in [0.2, 0.25) is 5.91 Å². The average molecular weight is 266 g/mol. The summed E-state index contributed by atoms with van der Waals surface area (Å²) in [6, 6.07) is 5.58. The molecule has 0 saturated heterocycles. The second-order valence-corrected chi connectivity index (χ2v) is 5.51. The summed E-state index contributed by atoms with van der Waals surface area (Å²) in [6.07, 6.45) is 2.70. The lowest BCUT2D eigenvalue weighted by Gasteiger charge is -2.09. The summed E-state index contributed by atoms with van der Waals surface area (Å²) in [7, 11) is 0. The van der Waals surface area contributed by atoms with Gasteiger partial charge in [-0.2, -0.15) is 11.8 Å². The van der Waals surface area contributed by atoms with E-state index in [1.165, 1.54) is 12.2 Å². The molecular formula is C14H22N2OS. The maximum Gasteiger partial charge on any atom is 0.224 e. The molecule has 0 bridgehead atoms. The van der Waals surface area contributed by atoms with E-state index in [0.717, 1.165) is 23.4 Å². The molecule has 0 aliphatic heterocycles. The molecule has 0 aliphatic carbocycles. The van der Waals surface area contributed by atoms with E-state index in [1.807, 2.05) is 36.9 Å². The predicted molar refractivity (Wildman–Crippen MR) is 81.1 cm³/mol. The number of carbonyl (C=O) groups excluding carboxylic acids is 1. The number of thioether (sulfide) groups is 1. The highest BCUT2D eigenvalue weighted by Gasteiger charge is 2.05. The number of nitrogens with one attached hydrogen (secondary N) is 1. The number of amides is 1. The van der Waals surface area contributed by atoms with Crippen molar-refractivity contribution in [2.45, 2.75) is 33.1 Å². The van der Waals surface area contributed by atoms with Crippen molar-refractivity contribution in [1.82, 2.24) is 0 Å². The van der Waals surface area contributed by atoms with Crippen LogP contribution in [0.3, 0.4) is 0 Å². The van der Waals surface area contributed by atoms with Gasteiger partial charge in [0.1, 0.15) is 0 Å². The summed E-state index contributed by atoms with van der Waals surface area (Å²) in [6.45, 7) is 4.09. The van der Waals surface area contributed by atoms with E-state index in [0.29, 0.717) is 12.1 Å².